The van der Waals surface area contributed by atoms with E-state index in [4.69, 9.17) is 14.2 Å². The van der Waals surface area contributed by atoms with Crippen LogP contribution in [-0.2, 0) is 26.1 Å². The van der Waals surface area contributed by atoms with Crippen LogP contribution in [0.2, 0.25) is 0 Å². The van der Waals surface area contributed by atoms with Crippen molar-refractivity contribution < 1.29 is 19.0 Å². The Labute approximate surface area is 244 Å². The number of ether oxygens (including phenoxy) is 3. The van der Waals surface area contributed by atoms with Gasteiger partial charge < -0.3 is 29.0 Å². The van der Waals surface area contributed by atoms with E-state index in [2.05, 4.69) is 46.6 Å². The molecule has 0 radical (unpaired) electrons. The van der Waals surface area contributed by atoms with Crippen LogP contribution in [-0.4, -0.2) is 70.3 Å². The molecule has 1 saturated heterocycles. The zero-order valence-corrected chi connectivity index (χ0v) is 24.9. The second-order valence-electron chi connectivity index (χ2n) is 9.64. The zero-order valence-electron chi connectivity index (χ0n) is 24.9. The molecule has 1 fully saturated rings. The lowest BCUT2D eigenvalue weighted by atomic mass is 10.0. The highest BCUT2D eigenvalue weighted by Gasteiger charge is 2.14. The Balaban J connectivity index is 0.00000226. The average molecular weight is 561 g/mol. The van der Waals surface area contributed by atoms with Gasteiger partial charge in [-0.05, 0) is 72.0 Å². The predicted molar refractivity (Wildman–Crippen MR) is 166 cm³/mol. The molecule has 1 aliphatic rings. The van der Waals surface area contributed by atoms with Gasteiger partial charge in [0.15, 0.2) is 0 Å². The van der Waals surface area contributed by atoms with Crippen LogP contribution in [0.15, 0.2) is 54.1 Å². The molecule has 0 unspecified atom stereocenters. The second kappa shape index (κ2) is 17.2. The maximum Gasteiger partial charge on any atom is 0.262 e. The smallest absolute Gasteiger partial charge is 0.262 e. The number of benzene rings is 2. The summed E-state index contributed by atoms with van der Waals surface area (Å²) >= 11 is 0. The Hall–Kier alpha value is -3.64. The Kier molecular flexibility index (Phi) is 13.4. The summed E-state index contributed by atoms with van der Waals surface area (Å²) in [6, 6.07) is 19.2. The molecule has 8 heteroatoms. The zero-order chi connectivity index (χ0) is 29.5. The number of nitrogens with zero attached hydrogens (tertiary/aromatic N) is 3. The standard InChI is InChI=1S/C31H38N4O4.C2H6/c1-34-28(22-27(23-32)31(36)33-12-15-38-18-19-39-17-16-37-2)10-11-30(34)26-7-6-25-21-29(9-8-24(25)20-26)35-13-4-3-5-14-35;1-2/h6-11,20-22H,3-5,12-19H2,1-2H3,(H,33,36);1-2H3/b27-22+;. The Bertz CT molecular complexity index is 1320. The lowest BCUT2D eigenvalue weighted by molar-refractivity contribution is -0.117. The molecule has 1 aromatic heterocycles. The van der Waals surface area contributed by atoms with E-state index < -0.39 is 5.91 Å². The lowest BCUT2D eigenvalue weighted by Crippen LogP contribution is -2.29. The van der Waals surface area contributed by atoms with Gasteiger partial charge in [-0.2, -0.15) is 5.26 Å². The van der Waals surface area contributed by atoms with Gasteiger partial charge in [-0.3, -0.25) is 4.79 Å². The van der Waals surface area contributed by atoms with Gasteiger partial charge in [-0.15, -0.1) is 0 Å². The van der Waals surface area contributed by atoms with Crippen LogP contribution >= 0.6 is 0 Å². The highest BCUT2D eigenvalue weighted by Crippen LogP contribution is 2.30. The van der Waals surface area contributed by atoms with E-state index >= 15 is 0 Å². The van der Waals surface area contributed by atoms with Gasteiger partial charge in [0.05, 0.1) is 33.0 Å². The summed E-state index contributed by atoms with van der Waals surface area (Å²) in [7, 11) is 3.57. The van der Waals surface area contributed by atoms with Crippen LogP contribution < -0.4 is 10.2 Å². The van der Waals surface area contributed by atoms with Gasteiger partial charge in [-0.1, -0.05) is 32.0 Å². The first kappa shape index (κ1) is 31.9. The first-order valence-corrected chi connectivity index (χ1v) is 14.6. The van der Waals surface area contributed by atoms with Crippen molar-refractivity contribution in [2.24, 2.45) is 7.05 Å². The number of methoxy groups -OCH3 is 1. The average Bonchev–Trinajstić information content (AvgIpc) is 3.39. The topological polar surface area (TPSA) is 88.8 Å². The summed E-state index contributed by atoms with van der Waals surface area (Å²) in [5.41, 5.74) is 4.22. The Morgan fingerprint density at radius 3 is 2.34 bits per heavy atom. The van der Waals surface area contributed by atoms with Crippen molar-refractivity contribution in [2.45, 2.75) is 33.1 Å². The molecule has 4 rings (SSSR count). The molecule has 220 valence electrons. The molecular weight excluding hydrogens is 516 g/mol. The van der Waals surface area contributed by atoms with Crippen molar-refractivity contribution in [3.05, 3.63) is 59.8 Å². The predicted octanol–water partition coefficient (Wildman–Crippen LogP) is 5.56. The molecule has 3 aromatic rings. The number of fused-ring (bicyclic) bond motifs is 1. The fraction of sp³-hybridized carbons (Fsp3) is 0.455. The number of hydrogen-bond acceptors (Lipinski definition) is 6. The number of carbonyl (C=O) groups excluding carboxylic acids is 1. The second-order valence-corrected chi connectivity index (χ2v) is 9.64. The van der Waals surface area contributed by atoms with E-state index in [0.29, 0.717) is 39.6 Å². The van der Waals surface area contributed by atoms with Gasteiger partial charge >= 0.3 is 0 Å². The number of aromatic nitrogens is 1. The quantitative estimate of drug-likeness (QED) is 0.167. The molecule has 0 bridgehead atoms. The third-order valence-electron chi connectivity index (χ3n) is 6.99. The number of carbonyl (C=O) groups is 1. The molecule has 1 N–H and O–H groups in total. The van der Waals surface area contributed by atoms with Gasteiger partial charge in [0.25, 0.3) is 5.91 Å². The van der Waals surface area contributed by atoms with Crippen LogP contribution in [0.3, 0.4) is 0 Å². The van der Waals surface area contributed by atoms with E-state index in [9.17, 15) is 10.1 Å². The fourth-order valence-corrected chi connectivity index (χ4v) is 4.80. The minimum absolute atomic E-state index is 0.0504. The maximum absolute atomic E-state index is 12.6. The summed E-state index contributed by atoms with van der Waals surface area (Å²) in [5, 5.41) is 14.8. The van der Waals surface area contributed by atoms with E-state index in [1.54, 1.807) is 13.2 Å². The van der Waals surface area contributed by atoms with E-state index in [-0.39, 0.29) is 5.57 Å². The van der Waals surface area contributed by atoms with E-state index in [1.165, 1.54) is 35.7 Å². The van der Waals surface area contributed by atoms with Crippen LogP contribution in [0.4, 0.5) is 5.69 Å². The Morgan fingerprint density at radius 2 is 1.61 bits per heavy atom. The number of hydrogen-bond donors (Lipinski definition) is 1. The number of piperidine rings is 1. The summed E-state index contributed by atoms with van der Waals surface area (Å²) in [6.45, 7) is 8.88. The van der Waals surface area contributed by atoms with Crippen molar-refractivity contribution in [3.63, 3.8) is 0 Å². The van der Waals surface area contributed by atoms with Gasteiger partial charge in [0, 0.05) is 50.9 Å². The molecule has 41 heavy (non-hydrogen) atoms. The number of rotatable bonds is 13. The van der Waals surface area contributed by atoms with Crippen LogP contribution in [0.25, 0.3) is 28.1 Å². The molecule has 0 atom stereocenters. The molecule has 0 spiro atoms. The summed E-state index contributed by atoms with van der Waals surface area (Å²) in [4.78, 5) is 15.0. The largest absolute Gasteiger partial charge is 0.382 e. The van der Waals surface area contributed by atoms with Crippen LogP contribution in [0.1, 0.15) is 38.8 Å². The van der Waals surface area contributed by atoms with Gasteiger partial charge in [0.2, 0.25) is 0 Å². The minimum atomic E-state index is -0.421. The molecule has 8 nitrogen and oxygen atoms in total. The maximum atomic E-state index is 12.6. The molecule has 0 saturated carbocycles. The minimum Gasteiger partial charge on any atom is -0.382 e. The van der Waals surface area contributed by atoms with Crippen molar-refractivity contribution in [2.75, 3.05) is 64.7 Å². The van der Waals surface area contributed by atoms with Crippen LogP contribution in [0, 0.1) is 11.3 Å². The summed E-state index contributed by atoms with van der Waals surface area (Å²) in [5.74, 6) is -0.421. The highest BCUT2D eigenvalue weighted by atomic mass is 16.5. The Morgan fingerprint density at radius 1 is 0.927 bits per heavy atom. The molecule has 1 aliphatic heterocycles. The van der Waals surface area contributed by atoms with Crippen molar-refractivity contribution in [1.29, 1.82) is 5.26 Å². The van der Waals surface area contributed by atoms with Gasteiger partial charge in [-0.25, -0.2) is 0 Å². The normalized spacial score (nSPS) is 13.4. The fourth-order valence-electron chi connectivity index (χ4n) is 4.80. The van der Waals surface area contributed by atoms with E-state index in [0.717, 1.165) is 30.0 Å². The summed E-state index contributed by atoms with van der Waals surface area (Å²) in [6.07, 6.45) is 5.46. The van der Waals surface area contributed by atoms with Crippen molar-refractivity contribution in [1.82, 2.24) is 9.88 Å². The first-order valence-electron chi connectivity index (χ1n) is 14.6. The van der Waals surface area contributed by atoms with Crippen molar-refractivity contribution in [3.8, 4) is 17.3 Å². The first-order chi connectivity index (χ1) is 20.1. The monoisotopic (exact) mass is 560 g/mol. The number of nitriles is 1. The van der Waals surface area contributed by atoms with Gasteiger partial charge in [0.1, 0.15) is 11.6 Å². The molecule has 0 aliphatic carbocycles. The molecule has 2 aromatic carbocycles. The number of nitrogens with one attached hydrogen (secondary N) is 1. The highest BCUT2D eigenvalue weighted by molar-refractivity contribution is 6.01. The number of anilines is 1. The third kappa shape index (κ3) is 9.19. The summed E-state index contributed by atoms with van der Waals surface area (Å²) < 4.78 is 17.7. The van der Waals surface area contributed by atoms with E-state index in [1.807, 2.05) is 43.7 Å². The third-order valence-corrected chi connectivity index (χ3v) is 6.99. The SMILES string of the molecule is CC.COCCOCCOCCNC(=O)/C(C#N)=C/c1ccc(-c2ccc3cc(N4CCCCC4)ccc3c2)n1C. The van der Waals surface area contributed by atoms with Crippen LogP contribution in [0.5, 0.6) is 0 Å². The molecular formula is C33H44N4O4. The molecule has 2 heterocycles. The van der Waals surface area contributed by atoms with Crippen molar-refractivity contribution >= 4 is 28.4 Å². The molecule has 1 amide bonds. The number of amides is 1. The lowest BCUT2D eigenvalue weighted by Gasteiger charge is -2.29.